The van der Waals surface area contributed by atoms with Crippen molar-refractivity contribution < 1.29 is 37.5 Å². The average molecular weight is 901 g/mol. The topological polar surface area (TPSA) is 221 Å². The Morgan fingerprint density at radius 3 is 2.46 bits per heavy atom. The van der Waals surface area contributed by atoms with Gasteiger partial charge in [-0.3, -0.25) is 19.8 Å². The van der Waals surface area contributed by atoms with Crippen LogP contribution >= 0.6 is 0 Å². The number of nitro benzene ring substituents is 1. The number of nitrogens with one attached hydrogen (secondary N) is 4. The number of amides is 2. The van der Waals surface area contributed by atoms with Gasteiger partial charge < -0.3 is 35.1 Å². The van der Waals surface area contributed by atoms with Gasteiger partial charge in [-0.1, -0.05) is 42.5 Å². The Labute approximate surface area is 375 Å². The number of carbonyl (C=O) groups is 2. The zero-order valence-corrected chi connectivity index (χ0v) is 36.1. The highest BCUT2D eigenvalue weighted by Gasteiger charge is 2.34. The summed E-state index contributed by atoms with van der Waals surface area (Å²) >= 11 is 0. The van der Waals surface area contributed by atoms with Gasteiger partial charge >= 0.3 is 6.09 Å². The number of nitrogens with zero attached hydrogens (tertiary/aromatic N) is 4. The van der Waals surface area contributed by atoms with Gasteiger partial charge in [0, 0.05) is 69.3 Å². The number of piperazine rings is 1. The first-order chi connectivity index (χ1) is 31.5. The van der Waals surface area contributed by atoms with E-state index in [9.17, 15) is 33.2 Å². The van der Waals surface area contributed by atoms with Gasteiger partial charge in [0.2, 0.25) is 0 Å². The maximum atomic E-state index is 14.0. The Morgan fingerprint density at radius 2 is 1.69 bits per heavy atom. The molecule has 65 heavy (non-hydrogen) atoms. The van der Waals surface area contributed by atoms with Crippen molar-refractivity contribution in [2.24, 2.45) is 5.92 Å². The Kier molecular flexibility index (Phi) is 12.4. The molecule has 0 spiro atoms. The number of hydrogen-bond acceptors (Lipinski definition) is 12. The van der Waals surface area contributed by atoms with Crippen molar-refractivity contribution in [2.75, 3.05) is 56.2 Å². The van der Waals surface area contributed by atoms with Gasteiger partial charge in [0.1, 0.15) is 22.8 Å². The maximum absolute atomic E-state index is 14.0. The molecular weight excluding hydrogens is 853 g/mol. The Bertz CT molecular complexity index is 2850. The molecule has 3 fully saturated rings. The minimum Gasteiger partial charge on any atom is -0.465 e. The molecule has 0 saturated carbocycles. The average Bonchev–Trinajstić information content (AvgIpc) is 4.01. The highest BCUT2D eigenvalue weighted by atomic mass is 32.2. The van der Waals surface area contributed by atoms with Crippen molar-refractivity contribution in [1.29, 1.82) is 0 Å². The third kappa shape index (κ3) is 9.31. The van der Waals surface area contributed by atoms with Crippen LogP contribution in [0.2, 0.25) is 0 Å². The molecule has 3 saturated heterocycles. The number of rotatable bonds is 13. The smallest absolute Gasteiger partial charge is 0.407 e. The number of nitro groups is 1. The summed E-state index contributed by atoms with van der Waals surface area (Å²) in [6, 6.07) is 27.7. The number of H-pyrrole nitrogens is 1. The van der Waals surface area contributed by atoms with E-state index in [1.165, 1.54) is 29.3 Å². The minimum atomic E-state index is -4.60. The van der Waals surface area contributed by atoms with Crippen molar-refractivity contribution in [3.63, 3.8) is 0 Å². The molecule has 2 amide bonds. The van der Waals surface area contributed by atoms with Crippen LogP contribution in [0.4, 0.5) is 21.9 Å². The standard InChI is InChI=1S/C47H48N8O9S/c56-46(52-65(61,62)36-12-14-40(42(26-36)55(59)60)50-27-30-16-22-63-23-17-30)39-13-9-32(25-44(39)64-35-24-33-15-18-49-45(33)51-28-35)31-7-10-34(11-8-31)53-20-3-6-41(53)37-4-1-2-5-38(37)43-29-48-19-21-54(43)47(57)58/h1-2,4-5,7-15,18,24-26,28,30,41,43,48,50H,3,6,16-17,19-23,27,29H2,(H,49,51)(H,52,56)(H,57,58). The van der Waals surface area contributed by atoms with Gasteiger partial charge in [-0.2, -0.15) is 0 Å². The highest BCUT2D eigenvalue weighted by Crippen LogP contribution is 2.41. The van der Waals surface area contributed by atoms with Crippen molar-refractivity contribution in [1.82, 2.24) is 24.9 Å². The minimum absolute atomic E-state index is 0.0394. The molecule has 18 heteroatoms. The van der Waals surface area contributed by atoms with Crippen molar-refractivity contribution in [3.8, 4) is 22.6 Å². The number of carboxylic acid groups (broad SMARTS) is 1. The maximum Gasteiger partial charge on any atom is 0.407 e. The third-order valence-corrected chi connectivity index (χ3v) is 13.8. The van der Waals surface area contributed by atoms with E-state index in [2.05, 4.69) is 36.3 Å². The zero-order chi connectivity index (χ0) is 45.1. The molecule has 3 aliphatic heterocycles. The van der Waals surface area contributed by atoms with Gasteiger partial charge in [0.25, 0.3) is 21.6 Å². The molecule has 0 radical (unpaired) electrons. The zero-order valence-electron chi connectivity index (χ0n) is 35.3. The summed E-state index contributed by atoms with van der Waals surface area (Å²) < 4.78 is 41.2. The van der Waals surface area contributed by atoms with E-state index in [0.29, 0.717) is 56.4 Å². The molecule has 0 aliphatic carbocycles. The van der Waals surface area contributed by atoms with Crippen LogP contribution in [0.3, 0.4) is 0 Å². The monoisotopic (exact) mass is 900 g/mol. The number of anilines is 2. The molecule has 2 unspecified atom stereocenters. The lowest BCUT2D eigenvalue weighted by Gasteiger charge is -2.37. The number of aromatic nitrogens is 2. The van der Waals surface area contributed by atoms with Crippen LogP contribution in [0.1, 0.15) is 59.3 Å². The van der Waals surface area contributed by atoms with E-state index in [0.717, 1.165) is 66.1 Å². The fraction of sp³-hybridized carbons (Fsp3) is 0.298. The molecular formula is C47H48N8O9S. The molecule has 4 aromatic carbocycles. The van der Waals surface area contributed by atoms with E-state index >= 15 is 0 Å². The van der Waals surface area contributed by atoms with Crippen LogP contribution in [0.25, 0.3) is 22.2 Å². The predicted molar refractivity (Wildman–Crippen MR) is 244 cm³/mol. The molecule has 5 heterocycles. The van der Waals surface area contributed by atoms with Gasteiger partial charge in [0.15, 0.2) is 0 Å². The lowest BCUT2D eigenvalue weighted by molar-refractivity contribution is -0.384. The number of sulfonamides is 1. The third-order valence-electron chi connectivity index (χ3n) is 12.4. The summed E-state index contributed by atoms with van der Waals surface area (Å²) in [6.45, 7) is 4.07. The normalized spacial score (nSPS) is 18.1. The van der Waals surface area contributed by atoms with Crippen LogP contribution in [0.5, 0.6) is 11.5 Å². The van der Waals surface area contributed by atoms with E-state index in [4.69, 9.17) is 9.47 Å². The molecule has 2 aromatic heterocycles. The molecule has 3 aliphatic rings. The number of hydrogen-bond donors (Lipinski definition) is 5. The first-order valence-electron chi connectivity index (χ1n) is 21.6. The van der Waals surface area contributed by atoms with Crippen molar-refractivity contribution in [3.05, 3.63) is 136 Å². The van der Waals surface area contributed by atoms with Gasteiger partial charge in [0.05, 0.1) is 33.7 Å². The summed E-state index contributed by atoms with van der Waals surface area (Å²) in [5.74, 6) is -0.390. The predicted octanol–water partition coefficient (Wildman–Crippen LogP) is 7.85. The summed E-state index contributed by atoms with van der Waals surface area (Å²) in [5, 5.41) is 29.3. The molecule has 0 bridgehead atoms. The molecule has 9 rings (SSSR count). The summed E-state index contributed by atoms with van der Waals surface area (Å²) in [7, 11) is -4.60. The Morgan fingerprint density at radius 1 is 0.923 bits per heavy atom. The summed E-state index contributed by atoms with van der Waals surface area (Å²) in [5.41, 5.74) is 4.85. The lowest BCUT2D eigenvalue weighted by atomic mass is 9.92. The quantitative estimate of drug-likeness (QED) is 0.0551. The van der Waals surface area contributed by atoms with Crippen LogP contribution in [0.15, 0.2) is 114 Å². The Hall–Kier alpha value is -7.02. The number of aromatic amines is 1. The SMILES string of the molecule is O=C(NS(=O)(=O)c1ccc(NCC2CCOCC2)c([N+](=O)[O-])c1)c1ccc(-c2ccc(N3CCCC3c3ccccc3C3CNCCN3C(=O)O)cc2)cc1Oc1cnc2[nH]ccc2c1. The second-order valence-electron chi connectivity index (χ2n) is 16.4. The fourth-order valence-electron chi connectivity index (χ4n) is 9.07. The van der Waals surface area contributed by atoms with Gasteiger partial charge in [-0.05, 0) is 102 Å². The van der Waals surface area contributed by atoms with Crippen LogP contribution < -0.4 is 25.0 Å². The largest absolute Gasteiger partial charge is 0.465 e. The van der Waals surface area contributed by atoms with Crippen LogP contribution in [0, 0.1) is 16.0 Å². The van der Waals surface area contributed by atoms with Crippen LogP contribution in [-0.2, 0) is 14.8 Å². The van der Waals surface area contributed by atoms with Gasteiger partial charge in [-0.15, -0.1) is 0 Å². The van der Waals surface area contributed by atoms with E-state index < -0.39 is 37.5 Å². The van der Waals surface area contributed by atoms with E-state index in [1.54, 1.807) is 24.4 Å². The molecule has 5 N–H and O–H groups in total. The van der Waals surface area contributed by atoms with Gasteiger partial charge in [-0.25, -0.2) is 22.9 Å². The number of benzene rings is 4. The molecule has 17 nitrogen and oxygen atoms in total. The van der Waals surface area contributed by atoms with Crippen LogP contribution in [-0.4, -0.2) is 91.3 Å². The molecule has 2 atom stereocenters. The number of pyridine rings is 1. The number of fused-ring (bicyclic) bond motifs is 1. The summed E-state index contributed by atoms with van der Waals surface area (Å²) in [6.07, 6.45) is 5.78. The lowest BCUT2D eigenvalue weighted by Crippen LogP contribution is -2.48. The van der Waals surface area contributed by atoms with Crippen molar-refractivity contribution in [2.45, 2.75) is 42.7 Å². The second-order valence-corrected chi connectivity index (χ2v) is 18.1. The first-order valence-corrected chi connectivity index (χ1v) is 23.1. The molecule has 6 aromatic rings. The van der Waals surface area contributed by atoms with E-state index in [1.807, 2.05) is 48.5 Å². The number of ether oxygens (including phenoxy) is 2. The van der Waals surface area contributed by atoms with Crippen molar-refractivity contribution >= 4 is 50.1 Å². The fourth-order valence-corrected chi connectivity index (χ4v) is 10.1. The second kappa shape index (κ2) is 18.6. The number of carbonyl (C=O) groups excluding carboxylic acids is 1. The first kappa shape index (κ1) is 43.2. The molecule has 336 valence electrons. The highest BCUT2D eigenvalue weighted by molar-refractivity contribution is 7.90. The Balaban J connectivity index is 0.977. The van der Waals surface area contributed by atoms with E-state index in [-0.39, 0.29) is 35.0 Å². The summed E-state index contributed by atoms with van der Waals surface area (Å²) in [4.78, 5) is 48.5.